The molecule has 0 bridgehead atoms. The predicted octanol–water partition coefficient (Wildman–Crippen LogP) is -0.474. The lowest BCUT2D eigenvalue weighted by Crippen LogP contribution is -2.35. The first-order valence-corrected chi connectivity index (χ1v) is 6.90. The first kappa shape index (κ1) is 15.6. The van der Waals surface area contributed by atoms with E-state index >= 15 is 0 Å². The third-order valence-electron chi connectivity index (χ3n) is 3.01. The van der Waals surface area contributed by atoms with E-state index in [1.54, 1.807) is 0 Å². The van der Waals surface area contributed by atoms with E-state index in [9.17, 15) is 0 Å². The minimum Gasteiger partial charge on any atom is -0.399 e. The highest BCUT2D eigenvalue weighted by molar-refractivity contribution is 5.44. The number of anilines is 1. The summed E-state index contributed by atoms with van der Waals surface area (Å²) >= 11 is 0. The van der Waals surface area contributed by atoms with E-state index in [4.69, 9.17) is 11.0 Å². The number of allylic oxidation sites excluding steroid dienone is 1. The van der Waals surface area contributed by atoms with Crippen molar-refractivity contribution in [3.8, 4) is 6.07 Å². The summed E-state index contributed by atoms with van der Waals surface area (Å²) in [5.74, 6) is 1.34. The fraction of sp³-hybridized carbons (Fsp3) is 0.357. The van der Waals surface area contributed by atoms with E-state index in [-0.39, 0.29) is 5.69 Å². The van der Waals surface area contributed by atoms with Gasteiger partial charge in [0.1, 0.15) is 17.7 Å². The summed E-state index contributed by atoms with van der Waals surface area (Å²) in [6.07, 6.45) is 4.84. The standard InChI is InChI=1S/C14H20N8/c1-22(2)4-3-17-12-5-13(20-8-11(12)16)21-14-9-18-10(6-15)7-19-14/h5,7,9,17,20H,3-4,8,16H2,1-2H3,(H,19,21). The molecule has 1 aliphatic heterocycles. The van der Waals surface area contributed by atoms with Gasteiger partial charge >= 0.3 is 0 Å². The number of nitrogens with one attached hydrogen (secondary N) is 3. The van der Waals surface area contributed by atoms with Crippen LogP contribution in [0, 0.1) is 11.3 Å². The Morgan fingerprint density at radius 2 is 2.23 bits per heavy atom. The smallest absolute Gasteiger partial charge is 0.158 e. The van der Waals surface area contributed by atoms with Gasteiger partial charge in [0, 0.05) is 19.2 Å². The zero-order valence-corrected chi connectivity index (χ0v) is 12.7. The lowest BCUT2D eigenvalue weighted by atomic mass is 10.2. The van der Waals surface area contributed by atoms with E-state index in [0.717, 1.165) is 30.3 Å². The number of hydrogen-bond acceptors (Lipinski definition) is 8. The van der Waals surface area contributed by atoms with Gasteiger partial charge in [-0.05, 0) is 14.1 Å². The maximum Gasteiger partial charge on any atom is 0.158 e. The zero-order chi connectivity index (χ0) is 15.9. The molecule has 0 saturated heterocycles. The lowest BCUT2D eigenvalue weighted by molar-refractivity contribution is 0.408. The predicted molar refractivity (Wildman–Crippen MR) is 84.2 cm³/mol. The van der Waals surface area contributed by atoms with Crippen molar-refractivity contribution in [1.82, 2.24) is 25.5 Å². The molecule has 0 aliphatic carbocycles. The van der Waals surface area contributed by atoms with Crippen LogP contribution in [-0.4, -0.2) is 48.6 Å². The van der Waals surface area contributed by atoms with Crippen molar-refractivity contribution < 1.29 is 0 Å². The van der Waals surface area contributed by atoms with Gasteiger partial charge in [0.2, 0.25) is 0 Å². The van der Waals surface area contributed by atoms with Crippen molar-refractivity contribution in [3.63, 3.8) is 0 Å². The lowest BCUT2D eigenvalue weighted by Gasteiger charge is -2.22. The molecule has 1 aromatic rings. The molecule has 0 amide bonds. The Balaban J connectivity index is 2.00. The largest absolute Gasteiger partial charge is 0.399 e. The minimum absolute atomic E-state index is 0.284. The van der Waals surface area contributed by atoms with Gasteiger partial charge in [-0.25, -0.2) is 9.97 Å². The number of nitrogens with two attached hydrogens (primary N) is 1. The minimum atomic E-state index is 0.284. The first-order valence-electron chi connectivity index (χ1n) is 6.90. The number of aromatic nitrogens is 2. The third kappa shape index (κ3) is 4.36. The van der Waals surface area contributed by atoms with Gasteiger partial charge in [0.25, 0.3) is 0 Å². The number of dihydropyridines is 1. The van der Waals surface area contributed by atoms with Crippen LogP contribution in [0.5, 0.6) is 0 Å². The molecule has 22 heavy (non-hydrogen) atoms. The summed E-state index contributed by atoms with van der Waals surface area (Å²) in [5, 5.41) is 18.3. The van der Waals surface area contributed by atoms with Crippen LogP contribution in [0.4, 0.5) is 5.82 Å². The first-order chi connectivity index (χ1) is 10.6. The highest BCUT2D eigenvalue weighted by Crippen LogP contribution is 2.10. The van der Waals surface area contributed by atoms with Gasteiger partial charge in [-0.2, -0.15) is 5.26 Å². The summed E-state index contributed by atoms with van der Waals surface area (Å²) in [6.45, 7) is 2.28. The molecule has 0 radical (unpaired) electrons. The van der Waals surface area contributed by atoms with Crippen molar-refractivity contribution in [2.75, 3.05) is 39.0 Å². The van der Waals surface area contributed by atoms with Crippen molar-refractivity contribution in [1.29, 1.82) is 5.26 Å². The van der Waals surface area contributed by atoms with Gasteiger partial charge in [0.05, 0.1) is 30.3 Å². The van der Waals surface area contributed by atoms with Crippen LogP contribution >= 0.6 is 0 Å². The second kappa shape index (κ2) is 7.28. The molecular weight excluding hydrogens is 280 g/mol. The molecule has 5 N–H and O–H groups in total. The zero-order valence-electron chi connectivity index (χ0n) is 12.7. The van der Waals surface area contributed by atoms with E-state index in [1.165, 1.54) is 12.4 Å². The van der Waals surface area contributed by atoms with Crippen LogP contribution in [0.25, 0.3) is 0 Å². The topological polar surface area (TPSA) is 115 Å². The van der Waals surface area contributed by atoms with Gasteiger partial charge < -0.3 is 26.6 Å². The van der Waals surface area contributed by atoms with E-state index in [1.807, 2.05) is 26.2 Å². The molecule has 0 spiro atoms. The van der Waals surface area contributed by atoms with E-state index in [2.05, 4.69) is 30.8 Å². The number of hydrogen-bond donors (Lipinski definition) is 4. The Labute approximate surface area is 129 Å². The Morgan fingerprint density at radius 1 is 1.41 bits per heavy atom. The number of likely N-dealkylation sites (N-methyl/N-ethyl adjacent to an activating group) is 1. The van der Waals surface area contributed by atoms with Crippen LogP contribution < -0.4 is 21.7 Å². The molecule has 116 valence electrons. The molecule has 0 atom stereocenters. The Kier molecular flexibility index (Phi) is 5.16. The molecule has 0 unspecified atom stereocenters. The quantitative estimate of drug-likeness (QED) is 0.557. The Bertz CT molecular complexity index is 609. The SMILES string of the molecule is CN(C)CCNC1=C(N)CNC(Nc2cnc(C#N)cn2)=C1. The third-order valence-corrected chi connectivity index (χ3v) is 3.01. The van der Waals surface area contributed by atoms with Gasteiger partial charge in [-0.3, -0.25) is 0 Å². The molecule has 0 fully saturated rings. The summed E-state index contributed by atoms with van der Waals surface area (Å²) in [4.78, 5) is 10.2. The molecule has 0 aromatic carbocycles. The molecule has 0 saturated carbocycles. The average Bonchev–Trinajstić information content (AvgIpc) is 2.51. The Hall–Kier alpha value is -2.79. The summed E-state index contributed by atoms with van der Waals surface area (Å²) < 4.78 is 0. The van der Waals surface area contributed by atoms with Crippen LogP contribution in [0.3, 0.4) is 0 Å². The highest BCUT2D eigenvalue weighted by Gasteiger charge is 2.11. The van der Waals surface area contributed by atoms with Crippen LogP contribution in [0.1, 0.15) is 5.69 Å². The van der Waals surface area contributed by atoms with Crippen molar-refractivity contribution in [2.45, 2.75) is 0 Å². The van der Waals surface area contributed by atoms with Gasteiger partial charge in [-0.1, -0.05) is 0 Å². The van der Waals surface area contributed by atoms with Crippen molar-refractivity contribution in [3.05, 3.63) is 41.4 Å². The number of nitriles is 1. The van der Waals surface area contributed by atoms with Crippen molar-refractivity contribution in [2.24, 2.45) is 5.73 Å². The van der Waals surface area contributed by atoms with E-state index in [0.29, 0.717) is 12.4 Å². The Morgan fingerprint density at radius 3 is 2.86 bits per heavy atom. The normalized spacial score (nSPS) is 14.2. The van der Waals surface area contributed by atoms with Crippen molar-refractivity contribution >= 4 is 5.82 Å². The maximum atomic E-state index is 8.71. The molecule has 1 aliphatic rings. The van der Waals surface area contributed by atoms with Crippen LogP contribution in [-0.2, 0) is 0 Å². The number of nitrogens with zero attached hydrogens (tertiary/aromatic N) is 4. The van der Waals surface area contributed by atoms with Gasteiger partial charge in [0.15, 0.2) is 5.69 Å². The average molecular weight is 300 g/mol. The summed E-state index contributed by atoms with van der Waals surface area (Å²) in [6, 6.07) is 1.93. The second-order valence-electron chi connectivity index (χ2n) is 5.10. The molecule has 2 heterocycles. The summed E-state index contributed by atoms with van der Waals surface area (Å²) in [5.41, 5.74) is 7.93. The summed E-state index contributed by atoms with van der Waals surface area (Å²) in [7, 11) is 4.04. The second-order valence-corrected chi connectivity index (χ2v) is 5.10. The molecule has 1 aromatic heterocycles. The molecular formula is C14H20N8. The molecule has 8 nitrogen and oxygen atoms in total. The van der Waals surface area contributed by atoms with E-state index < -0.39 is 0 Å². The fourth-order valence-electron chi connectivity index (χ4n) is 1.82. The highest BCUT2D eigenvalue weighted by atomic mass is 15.2. The fourth-order valence-corrected chi connectivity index (χ4v) is 1.82. The van der Waals surface area contributed by atoms with Crippen LogP contribution in [0.2, 0.25) is 0 Å². The molecule has 2 rings (SSSR count). The number of rotatable bonds is 6. The monoisotopic (exact) mass is 300 g/mol. The van der Waals surface area contributed by atoms with Gasteiger partial charge in [-0.15, -0.1) is 0 Å². The molecule has 8 heteroatoms. The maximum absolute atomic E-state index is 8.71. The van der Waals surface area contributed by atoms with Crippen LogP contribution in [0.15, 0.2) is 35.7 Å².